The highest BCUT2D eigenvalue weighted by Gasteiger charge is 2.30. The minimum absolute atomic E-state index is 0.0628. The molecule has 0 bridgehead atoms. The topological polar surface area (TPSA) is 162 Å². The normalized spacial score (nSPS) is 11.1. The monoisotopic (exact) mass is 548 g/mol. The predicted molar refractivity (Wildman–Crippen MR) is 148 cm³/mol. The summed E-state index contributed by atoms with van der Waals surface area (Å²) >= 11 is 0. The molecule has 38 heavy (non-hydrogen) atoms. The Hall–Kier alpha value is -1.71. The second-order valence-corrected chi connectivity index (χ2v) is 10.3. The number of ether oxygens (including phenoxy) is 1. The van der Waals surface area contributed by atoms with E-state index in [1.807, 2.05) is 0 Å². The Morgan fingerprint density at radius 1 is 0.526 bits per heavy atom. The van der Waals surface area contributed by atoms with Gasteiger partial charge in [0.2, 0.25) is 0 Å². The molecular weight excluding hydrogens is 492 g/mol. The molecule has 0 rings (SSSR count). The zero-order valence-corrected chi connectivity index (χ0v) is 23.8. The number of carboxylic acids is 2. The molecule has 0 aliphatic rings. The number of hydrogen-bond donors (Lipinski definition) is 5. The summed E-state index contributed by atoms with van der Waals surface area (Å²) in [6.45, 7) is 0.884. The zero-order valence-electron chi connectivity index (χ0n) is 23.8. The molecule has 0 heterocycles. The Balaban J connectivity index is 0. The van der Waals surface area contributed by atoms with E-state index in [0.29, 0.717) is 19.3 Å². The van der Waals surface area contributed by atoms with Crippen molar-refractivity contribution >= 4 is 17.9 Å². The maximum atomic E-state index is 11.7. The Kier molecular flexibility index (Phi) is 28.6. The second-order valence-electron chi connectivity index (χ2n) is 10.3. The van der Waals surface area contributed by atoms with Crippen molar-refractivity contribution in [3.8, 4) is 0 Å². The first-order valence-corrected chi connectivity index (χ1v) is 14.7. The number of hydrogen-bond acceptors (Lipinski definition) is 7. The van der Waals surface area contributed by atoms with E-state index in [9.17, 15) is 29.7 Å². The molecule has 0 aliphatic carbocycles. The fourth-order valence-electron chi connectivity index (χ4n) is 3.79. The molecule has 0 unspecified atom stereocenters. The van der Waals surface area contributed by atoms with E-state index in [1.165, 1.54) is 77.0 Å². The standard InChI is InChI=1S/C23H46O5.C6H10O4/c1-2-3-4-5-6-7-8-9-10-11-12-13-14-15-16-17-22(27)28-21-23(18-24,19-25)20-26;7-5(8)3-1-2-4-6(9)10/h24-26H,2-21H2,1H3;1-4H2,(H,7,8)(H,9,10). The lowest BCUT2D eigenvalue weighted by molar-refractivity contribution is -0.151. The first-order valence-electron chi connectivity index (χ1n) is 14.7. The molecule has 0 saturated carbocycles. The molecule has 5 N–H and O–H groups in total. The Bertz CT molecular complexity index is 538. The number of esters is 1. The molecule has 0 atom stereocenters. The summed E-state index contributed by atoms with van der Waals surface area (Å²) in [6.07, 6.45) is 20.6. The van der Waals surface area contributed by atoms with Gasteiger partial charge in [0.05, 0.1) is 25.2 Å². The van der Waals surface area contributed by atoms with Crippen molar-refractivity contribution in [2.24, 2.45) is 5.41 Å². The van der Waals surface area contributed by atoms with Crippen molar-refractivity contribution < 1.29 is 44.7 Å². The maximum absolute atomic E-state index is 11.7. The van der Waals surface area contributed by atoms with Crippen LogP contribution in [0.2, 0.25) is 0 Å². The van der Waals surface area contributed by atoms with Crippen molar-refractivity contribution in [1.29, 1.82) is 0 Å². The van der Waals surface area contributed by atoms with Gasteiger partial charge in [-0.1, -0.05) is 96.8 Å². The molecule has 0 fully saturated rings. The largest absolute Gasteiger partial charge is 0.481 e. The minimum atomic E-state index is -1.13. The molecule has 0 aliphatic heterocycles. The average molecular weight is 549 g/mol. The Morgan fingerprint density at radius 3 is 1.16 bits per heavy atom. The summed E-state index contributed by atoms with van der Waals surface area (Å²) in [7, 11) is 0. The number of carbonyl (C=O) groups excluding carboxylic acids is 1. The van der Waals surface area contributed by atoms with Crippen LogP contribution in [0.1, 0.15) is 135 Å². The summed E-state index contributed by atoms with van der Waals surface area (Å²) in [5, 5.41) is 43.8. The molecule has 0 aromatic heterocycles. The van der Waals surface area contributed by atoms with E-state index in [2.05, 4.69) is 6.92 Å². The fourth-order valence-corrected chi connectivity index (χ4v) is 3.79. The van der Waals surface area contributed by atoms with Gasteiger partial charge in [-0.2, -0.15) is 0 Å². The van der Waals surface area contributed by atoms with Crippen molar-refractivity contribution in [2.45, 2.75) is 135 Å². The van der Waals surface area contributed by atoms with Crippen LogP contribution in [0.4, 0.5) is 0 Å². The highest BCUT2D eigenvalue weighted by atomic mass is 16.5. The number of aliphatic hydroxyl groups is 3. The molecule has 0 radical (unpaired) electrons. The van der Waals surface area contributed by atoms with Gasteiger partial charge in [-0.05, 0) is 19.3 Å². The van der Waals surface area contributed by atoms with Crippen molar-refractivity contribution in [3.05, 3.63) is 0 Å². The van der Waals surface area contributed by atoms with Crippen LogP contribution >= 0.6 is 0 Å². The first-order chi connectivity index (χ1) is 18.3. The lowest BCUT2D eigenvalue weighted by atomic mass is 9.93. The number of carboxylic acid groups (broad SMARTS) is 2. The third-order valence-electron chi connectivity index (χ3n) is 6.56. The number of carbonyl (C=O) groups is 3. The van der Waals surface area contributed by atoms with Crippen molar-refractivity contribution in [1.82, 2.24) is 0 Å². The van der Waals surface area contributed by atoms with Crippen LogP contribution in [0.3, 0.4) is 0 Å². The van der Waals surface area contributed by atoms with Crippen LogP contribution in [0.25, 0.3) is 0 Å². The lowest BCUT2D eigenvalue weighted by Crippen LogP contribution is -2.39. The van der Waals surface area contributed by atoms with E-state index < -0.39 is 37.2 Å². The second kappa shape index (κ2) is 28.3. The number of aliphatic hydroxyl groups excluding tert-OH is 3. The summed E-state index contributed by atoms with van der Waals surface area (Å²) < 4.78 is 5.08. The van der Waals surface area contributed by atoms with Gasteiger partial charge in [-0.15, -0.1) is 0 Å². The van der Waals surface area contributed by atoms with Crippen LogP contribution in [-0.2, 0) is 19.1 Å². The summed E-state index contributed by atoms with van der Waals surface area (Å²) in [6, 6.07) is 0. The third-order valence-corrected chi connectivity index (χ3v) is 6.56. The summed E-state index contributed by atoms with van der Waals surface area (Å²) in [5.41, 5.74) is -1.13. The van der Waals surface area contributed by atoms with Gasteiger partial charge in [0.15, 0.2) is 0 Å². The van der Waals surface area contributed by atoms with Gasteiger partial charge >= 0.3 is 17.9 Å². The van der Waals surface area contributed by atoms with Crippen molar-refractivity contribution in [2.75, 3.05) is 26.4 Å². The van der Waals surface area contributed by atoms with Crippen LogP contribution in [0.5, 0.6) is 0 Å². The number of unbranched alkanes of at least 4 members (excludes halogenated alkanes) is 15. The molecule has 0 aromatic rings. The highest BCUT2D eigenvalue weighted by Crippen LogP contribution is 2.17. The summed E-state index contributed by atoms with van der Waals surface area (Å²) in [5.74, 6) is -2.06. The number of rotatable bonds is 26. The molecule has 9 nitrogen and oxygen atoms in total. The Morgan fingerprint density at radius 2 is 0.842 bits per heavy atom. The van der Waals surface area contributed by atoms with Crippen LogP contribution in [-0.4, -0.2) is 69.9 Å². The van der Waals surface area contributed by atoms with Crippen LogP contribution < -0.4 is 0 Å². The van der Waals surface area contributed by atoms with Gasteiger partial charge in [0.25, 0.3) is 0 Å². The molecule has 0 saturated heterocycles. The van der Waals surface area contributed by atoms with Gasteiger partial charge in [-0.3, -0.25) is 14.4 Å². The van der Waals surface area contributed by atoms with Crippen molar-refractivity contribution in [3.63, 3.8) is 0 Å². The molecule has 0 spiro atoms. The van der Waals surface area contributed by atoms with Crippen LogP contribution in [0, 0.1) is 5.41 Å². The quantitative estimate of drug-likeness (QED) is 0.0697. The van der Waals surface area contributed by atoms with Gasteiger partial charge in [0.1, 0.15) is 6.61 Å². The highest BCUT2D eigenvalue weighted by molar-refractivity contribution is 5.69. The van der Waals surface area contributed by atoms with E-state index in [4.69, 9.17) is 14.9 Å². The van der Waals surface area contributed by atoms with Gasteiger partial charge < -0.3 is 30.3 Å². The third kappa shape index (κ3) is 27.3. The van der Waals surface area contributed by atoms with E-state index in [0.717, 1.165) is 19.3 Å². The van der Waals surface area contributed by atoms with E-state index in [-0.39, 0.29) is 25.4 Å². The maximum Gasteiger partial charge on any atom is 0.305 e. The minimum Gasteiger partial charge on any atom is -0.481 e. The lowest BCUT2D eigenvalue weighted by Gasteiger charge is -2.26. The van der Waals surface area contributed by atoms with E-state index in [1.54, 1.807) is 0 Å². The summed E-state index contributed by atoms with van der Waals surface area (Å²) in [4.78, 5) is 31.5. The molecule has 0 aromatic carbocycles. The van der Waals surface area contributed by atoms with Gasteiger partial charge in [-0.25, -0.2) is 0 Å². The first kappa shape index (κ1) is 38.4. The molecular formula is C29H56O9. The fraction of sp³-hybridized carbons (Fsp3) is 0.897. The SMILES string of the molecule is CCCCCCCCCCCCCCCCCC(=O)OCC(CO)(CO)CO.O=C(O)CCCCC(=O)O. The van der Waals surface area contributed by atoms with E-state index >= 15 is 0 Å². The predicted octanol–water partition coefficient (Wildman–Crippen LogP) is 5.47. The molecule has 0 amide bonds. The van der Waals surface area contributed by atoms with Crippen LogP contribution in [0.15, 0.2) is 0 Å². The average Bonchev–Trinajstić information content (AvgIpc) is 2.90. The van der Waals surface area contributed by atoms with Gasteiger partial charge in [0, 0.05) is 19.3 Å². The molecule has 9 heteroatoms. The zero-order chi connectivity index (χ0) is 28.9. The smallest absolute Gasteiger partial charge is 0.305 e. The number of aliphatic carboxylic acids is 2. The molecule has 226 valence electrons. The Labute approximate surface area is 230 Å².